The van der Waals surface area contributed by atoms with Crippen LogP contribution >= 0.6 is 0 Å². The summed E-state index contributed by atoms with van der Waals surface area (Å²) >= 11 is 0. The SMILES string of the molecule is CCOC(Cc1ccc(OCCn2c(C3CCCCN3)nc3ccccc3c2=O)cc1)C(=O)O.[MgH2]. The van der Waals surface area contributed by atoms with Gasteiger partial charge < -0.3 is 19.9 Å². The Morgan fingerprint density at radius 3 is 2.66 bits per heavy atom. The summed E-state index contributed by atoms with van der Waals surface area (Å²) in [5.74, 6) is 0.448. The number of carboxylic acids is 1. The van der Waals surface area contributed by atoms with Crippen LogP contribution in [0.5, 0.6) is 5.75 Å². The molecule has 2 aromatic carbocycles. The van der Waals surface area contributed by atoms with Crippen molar-refractivity contribution < 1.29 is 19.4 Å². The molecule has 0 bridgehead atoms. The van der Waals surface area contributed by atoms with Crippen LogP contribution in [0.25, 0.3) is 10.9 Å². The van der Waals surface area contributed by atoms with Crippen molar-refractivity contribution in [2.75, 3.05) is 19.8 Å². The van der Waals surface area contributed by atoms with Crippen LogP contribution in [-0.2, 0) is 22.5 Å². The molecule has 2 N–H and O–H groups in total. The molecule has 1 fully saturated rings. The molecule has 8 nitrogen and oxygen atoms in total. The molecule has 1 aromatic heterocycles. The van der Waals surface area contributed by atoms with Crippen molar-refractivity contribution in [3.05, 3.63) is 70.3 Å². The number of carboxylic acid groups (broad SMARTS) is 1. The molecule has 0 amide bonds. The summed E-state index contributed by atoms with van der Waals surface area (Å²) in [6.45, 7) is 3.74. The molecule has 3 aromatic rings. The Bertz CT molecular complexity index is 1180. The minimum Gasteiger partial charge on any atom is -0.492 e. The Morgan fingerprint density at radius 2 is 1.97 bits per heavy atom. The maximum absolute atomic E-state index is 13.3. The lowest BCUT2D eigenvalue weighted by Crippen LogP contribution is -2.35. The highest BCUT2D eigenvalue weighted by Gasteiger charge is 2.22. The van der Waals surface area contributed by atoms with Crippen LogP contribution < -0.4 is 15.6 Å². The monoisotopic (exact) mass is 491 g/mol. The standard InChI is InChI=1S/C26H31N3O5.Mg.2H/c1-2-33-23(26(31)32)17-18-10-12-19(13-11-18)34-16-15-29-24(22-9-5-6-14-27-22)28-21-8-4-3-7-20(21)25(29)30;;;/h3-4,7-8,10-13,22-23,27H,2,5-6,9,14-17H2,1H3,(H,31,32);;;. The lowest BCUT2D eigenvalue weighted by molar-refractivity contribution is -0.149. The Labute approximate surface area is 220 Å². The minimum absolute atomic E-state index is 0. The highest BCUT2D eigenvalue weighted by Crippen LogP contribution is 2.22. The number of aliphatic carboxylic acids is 1. The second-order valence-corrected chi connectivity index (χ2v) is 8.43. The van der Waals surface area contributed by atoms with E-state index in [1.165, 1.54) is 0 Å². The van der Waals surface area contributed by atoms with Crippen molar-refractivity contribution in [2.45, 2.75) is 51.3 Å². The highest BCUT2D eigenvalue weighted by atomic mass is 24.3. The van der Waals surface area contributed by atoms with Crippen LogP contribution in [-0.4, -0.2) is 69.5 Å². The predicted octanol–water partition coefficient (Wildman–Crippen LogP) is 2.41. The van der Waals surface area contributed by atoms with Gasteiger partial charge in [0.25, 0.3) is 5.56 Å². The maximum atomic E-state index is 13.3. The summed E-state index contributed by atoms with van der Waals surface area (Å²) in [4.78, 5) is 29.4. The number of para-hydroxylation sites is 1. The molecular formula is C26H33MgN3O5. The molecule has 0 aliphatic carbocycles. The van der Waals surface area contributed by atoms with E-state index in [0.29, 0.717) is 42.8 Å². The van der Waals surface area contributed by atoms with Crippen LogP contribution in [0.2, 0.25) is 0 Å². The van der Waals surface area contributed by atoms with E-state index in [0.717, 1.165) is 37.2 Å². The van der Waals surface area contributed by atoms with E-state index in [9.17, 15) is 14.7 Å². The van der Waals surface area contributed by atoms with E-state index in [2.05, 4.69) is 5.32 Å². The summed E-state index contributed by atoms with van der Waals surface area (Å²) in [5.41, 5.74) is 1.52. The number of ether oxygens (including phenoxy) is 2. The molecule has 4 rings (SSSR count). The van der Waals surface area contributed by atoms with Gasteiger partial charge in [-0.25, -0.2) is 9.78 Å². The largest absolute Gasteiger partial charge is 0.492 e. The zero-order chi connectivity index (χ0) is 23.9. The number of nitrogens with one attached hydrogen (secondary N) is 1. The quantitative estimate of drug-likeness (QED) is 0.420. The lowest BCUT2D eigenvalue weighted by Gasteiger charge is -2.26. The number of aromatic nitrogens is 2. The Hall–Kier alpha value is -2.46. The van der Waals surface area contributed by atoms with E-state index in [1.54, 1.807) is 11.5 Å². The first-order chi connectivity index (χ1) is 16.6. The fraction of sp³-hybridized carbons (Fsp3) is 0.423. The number of benzene rings is 2. The molecule has 35 heavy (non-hydrogen) atoms. The molecular weight excluding hydrogens is 459 g/mol. The number of piperidine rings is 1. The normalized spacial score (nSPS) is 16.4. The number of fused-ring (bicyclic) bond motifs is 1. The first kappa shape index (κ1) is 27.1. The molecule has 0 spiro atoms. The molecule has 1 aliphatic heterocycles. The second-order valence-electron chi connectivity index (χ2n) is 8.43. The lowest BCUT2D eigenvalue weighted by atomic mass is 10.0. The van der Waals surface area contributed by atoms with Crippen molar-refractivity contribution in [1.82, 2.24) is 14.9 Å². The van der Waals surface area contributed by atoms with E-state index in [-0.39, 0.29) is 34.7 Å². The fourth-order valence-electron chi connectivity index (χ4n) is 4.35. The summed E-state index contributed by atoms with van der Waals surface area (Å²) in [7, 11) is 0. The van der Waals surface area contributed by atoms with Crippen LogP contribution in [0.3, 0.4) is 0 Å². The van der Waals surface area contributed by atoms with E-state index >= 15 is 0 Å². The van der Waals surface area contributed by atoms with Crippen molar-refractivity contribution in [1.29, 1.82) is 0 Å². The van der Waals surface area contributed by atoms with Gasteiger partial charge in [-0.2, -0.15) is 0 Å². The summed E-state index contributed by atoms with van der Waals surface area (Å²) in [6.07, 6.45) is 2.61. The Kier molecular flexibility index (Phi) is 10.1. The van der Waals surface area contributed by atoms with Gasteiger partial charge in [0.05, 0.1) is 23.5 Å². The molecule has 2 heterocycles. The first-order valence-corrected chi connectivity index (χ1v) is 11.9. The molecule has 2 unspecified atom stereocenters. The van der Waals surface area contributed by atoms with Crippen molar-refractivity contribution in [3.63, 3.8) is 0 Å². The molecule has 0 saturated carbocycles. The third-order valence-corrected chi connectivity index (χ3v) is 6.08. The van der Waals surface area contributed by atoms with Crippen molar-refractivity contribution in [3.8, 4) is 5.75 Å². The van der Waals surface area contributed by atoms with Gasteiger partial charge in [0.1, 0.15) is 18.2 Å². The smallest absolute Gasteiger partial charge is 0.333 e. The van der Waals surface area contributed by atoms with Gasteiger partial charge in [0.15, 0.2) is 6.10 Å². The first-order valence-electron chi connectivity index (χ1n) is 11.9. The molecule has 1 saturated heterocycles. The fourth-order valence-corrected chi connectivity index (χ4v) is 4.35. The van der Waals surface area contributed by atoms with Gasteiger partial charge in [-0.3, -0.25) is 9.36 Å². The van der Waals surface area contributed by atoms with E-state index < -0.39 is 12.1 Å². The third kappa shape index (κ3) is 6.82. The number of nitrogens with zero attached hydrogens (tertiary/aromatic N) is 2. The number of hydrogen-bond donors (Lipinski definition) is 2. The summed E-state index contributed by atoms with van der Waals surface area (Å²) in [5, 5.41) is 13.4. The second kappa shape index (κ2) is 13.0. The van der Waals surface area contributed by atoms with Gasteiger partial charge in [-0.1, -0.05) is 30.7 Å². The van der Waals surface area contributed by atoms with Crippen LogP contribution in [0, 0.1) is 0 Å². The average Bonchev–Trinajstić information content (AvgIpc) is 2.86. The van der Waals surface area contributed by atoms with E-state index in [1.807, 2.05) is 48.5 Å². The summed E-state index contributed by atoms with van der Waals surface area (Å²) < 4.78 is 12.9. The van der Waals surface area contributed by atoms with E-state index in [4.69, 9.17) is 14.5 Å². The van der Waals surface area contributed by atoms with Gasteiger partial charge in [0.2, 0.25) is 0 Å². The molecule has 2 atom stereocenters. The summed E-state index contributed by atoms with van der Waals surface area (Å²) in [6, 6.07) is 14.8. The van der Waals surface area contributed by atoms with Gasteiger partial charge in [-0.05, 0) is 56.1 Å². The minimum atomic E-state index is -0.972. The van der Waals surface area contributed by atoms with Crippen molar-refractivity contribution >= 4 is 39.9 Å². The molecule has 1 aliphatic rings. The van der Waals surface area contributed by atoms with Gasteiger partial charge in [0, 0.05) is 13.0 Å². The van der Waals surface area contributed by atoms with Gasteiger partial charge in [-0.15, -0.1) is 0 Å². The number of carbonyl (C=O) groups is 1. The van der Waals surface area contributed by atoms with Crippen LogP contribution in [0.15, 0.2) is 53.3 Å². The predicted molar refractivity (Wildman–Crippen MR) is 138 cm³/mol. The zero-order valence-corrected chi connectivity index (χ0v) is 19.4. The van der Waals surface area contributed by atoms with Crippen LogP contribution in [0.4, 0.5) is 0 Å². The number of rotatable bonds is 10. The van der Waals surface area contributed by atoms with Crippen LogP contribution in [0.1, 0.15) is 43.6 Å². The topological polar surface area (TPSA) is 103 Å². The number of hydrogen-bond acceptors (Lipinski definition) is 6. The molecule has 9 heteroatoms. The molecule has 0 radical (unpaired) electrons. The highest BCUT2D eigenvalue weighted by molar-refractivity contribution is 5.77. The Morgan fingerprint density at radius 1 is 1.20 bits per heavy atom. The zero-order valence-electron chi connectivity index (χ0n) is 19.4. The Balaban J connectivity index is 0.00000342. The average molecular weight is 492 g/mol. The van der Waals surface area contributed by atoms with Crippen molar-refractivity contribution in [2.24, 2.45) is 0 Å². The third-order valence-electron chi connectivity index (χ3n) is 6.08. The molecule has 184 valence electrons. The maximum Gasteiger partial charge on any atom is 0.333 e. The van der Waals surface area contributed by atoms with Gasteiger partial charge >= 0.3 is 29.0 Å².